The summed E-state index contributed by atoms with van der Waals surface area (Å²) in [4.78, 5) is 16.5. The van der Waals surface area contributed by atoms with Crippen molar-refractivity contribution in [1.82, 2.24) is 15.1 Å². The van der Waals surface area contributed by atoms with Gasteiger partial charge in [-0.05, 0) is 39.8 Å². The van der Waals surface area contributed by atoms with Gasteiger partial charge >= 0.3 is 6.03 Å². The van der Waals surface area contributed by atoms with Gasteiger partial charge in [0.05, 0.1) is 0 Å². The third-order valence-corrected chi connectivity index (χ3v) is 3.99. The van der Waals surface area contributed by atoms with E-state index in [9.17, 15) is 4.79 Å². The Kier molecular flexibility index (Phi) is 4.26. The van der Waals surface area contributed by atoms with Gasteiger partial charge in [-0.3, -0.25) is 0 Å². The van der Waals surface area contributed by atoms with Crippen molar-refractivity contribution in [1.29, 1.82) is 0 Å². The number of amides is 2. The predicted molar refractivity (Wildman–Crippen MR) is 69.1 cm³/mol. The molecule has 1 aliphatic heterocycles. The maximum Gasteiger partial charge on any atom is 0.317 e. The summed E-state index contributed by atoms with van der Waals surface area (Å²) >= 11 is 0. The molecule has 4 heteroatoms. The lowest BCUT2D eigenvalue weighted by atomic mass is 10.2. The summed E-state index contributed by atoms with van der Waals surface area (Å²) in [6, 6.07) is 0.902. The molecule has 1 atom stereocenters. The Morgan fingerprint density at radius 1 is 1.18 bits per heavy atom. The highest BCUT2D eigenvalue weighted by molar-refractivity contribution is 5.75. The fraction of sp³-hybridized carbons (Fsp3) is 0.923. The summed E-state index contributed by atoms with van der Waals surface area (Å²) in [5, 5.41) is 3.19. The number of nitrogens with zero attached hydrogens (tertiary/aromatic N) is 2. The zero-order valence-corrected chi connectivity index (χ0v) is 11.1. The molecular weight excluding hydrogens is 214 g/mol. The number of urea groups is 1. The molecule has 0 aromatic rings. The van der Waals surface area contributed by atoms with Gasteiger partial charge in [-0.2, -0.15) is 0 Å². The lowest BCUT2D eigenvalue weighted by Crippen LogP contribution is -2.49. The standard InChI is InChI=1S/C13H25N3O/c1-11-10-15(2)8-5-9-16(11)13(17)14-12-6-3-4-7-12/h11-12H,3-10H2,1-2H3,(H,14,17). The monoisotopic (exact) mass is 239 g/mol. The van der Waals surface area contributed by atoms with E-state index >= 15 is 0 Å². The molecule has 17 heavy (non-hydrogen) atoms. The normalized spacial score (nSPS) is 28.1. The number of nitrogens with one attached hydrogen (secondary N) is 1. The van der Waals surface area contributed by atoms with E-state index in [1.165, 1.54) is 12.8 Å². The fourth-order valence-electron chi connectivity index (χ4n) is 3.00. The van der Waals surface area contributed by atoms with Crippen LogP contribution in [0.4, 0.5) is 4.79 Å². The highest BCUT2D eigenvalue weighted by Gasteiger charge is 2.26. The Bertz CT molecular complexity index is 263. The third-order valence-electron chi connectivity index (χ3n) is 3.99. The first-order chi connectivity index (χ1) is 8.16. The molecule has 0 aromatic carbocycles. The Morgan fingerprint density at radius 3 is 2.59 bits per heavy atom. The molecular formula is C13H25N3O. The van der Waals surface area contributed by atoms with Crippen molar-refractivity contribution in [2.45, 2.75) is 51.1 Å². The van der Waals surface area contributed by atoms with Crippen LogP contribution in [0, 0.1) is 0 Å². The largest absolute Gasteiger partial charge is 0.335 e. The quantitative estimate of drug-likeness (QED) is 0.755. The average Bonchev–Trinajstić information content (AvgIpc) is 2.70. The van der Waals surface area contributed by atoms with E-state index in [-0.39, 0.29) is 6.03 Å². The molecule has 1 heterocycles. The van der Waals surface area contributed by atoms with E-state index < -0.39 is 0 Å². The van der Waals surface area contributed by atoms with Crippen molar-refractivity contribution in [2.24, 2.45) is 0 Å². The van der Waals surface area contributed by atoms with Crippen molar-refractivity contribution >= 4 is 6.03 Å². The third kappa shape index (κ3) is 3.35. The first kappa shape index (κ1) is 12.7. The van der Waals surface area contributed by atoms with E-state index in [2.05, 4.69) is 24.2 Å². The van der Waals surface area contributed by atoms with Crippen LogP contribution in [0.3, 0.4) is 0 Å². The first-order valence-electron chi connectivity index (χ1n) is 6.92. The summed E-state index contributed by atoms with van der Waals surface area (Å²) in [5.41, 5.74) is 0. The van der Waals surface area contributed by atoms with E-state index in [0.29, 0.717) is 12.1 Å². The van der Waals surface area contributed by atoms with Crippen molar-refractivity contribution in [3.05, 3.63) is 0 Å². The van der Waals surface area contributed by atoms with Crippen LogP contribution in [-0.2, 0) is 0 Å². The van der Waals surface area contributed by atoms with Crippen LogP contribution in [0.5, 0.6) is 0 Å². The highest BCUT2D eigenvalue weighted by atomic mass is 16.2. The molecule has 2 amide bonds. The summed E-state index contributed by atoms with van der Waals surface area (Å²) in [5.74, 6) is 0. The molecule has 0 spiro atoms. The molecule has 1 N–H and O–H groups in total. The first-order valence-corrected chi connectivity index (χ1v) is 6.92. The van der Waals surface area contributed by atoms with Gasteiger partial charge < -0.3 is 15.1 Å². The molecule has 0 aromatic heterocycles. The Hall–Kier alpha value is -0.770. The summed E-state index contributed by atoms with van der Waals surface area (Å²) in [7, 11) is 2.13. The average molecular weight is 239 g/mol. The number of carbonyl (C=O) groups excluding carboxylic acids is 1. The maximum absolute atomic E-state index is 12.2. The van der Waals surface area contributed by atoms with Crippen LogP contribution in [0.25, 0.3) is 0 Å². The Balaban J connectivity index is 1.88. The second kappa shape index (κ2) is 5.71. The van der Waals surface area contributed by atoms with Gasteiger partial charge in [0.15, 0.2) is 0 Å². The summed E-state index contributed by atoms with van der Waals surface area (Å²) in [6.07, 6.45) is 5.94. The minimum absolute atomic E-state index is 0.153. The van der Waals surface area contributed by atoms with Crippen molar-refractivity contribution in [3.63, 3.8) is 0 Å². The molecule has 2 fully saturated rings. The van der Waals surface area contributed by atoms with Gasteiger partial charge in [0.1, 0.15) is 0 Å². The lowest BCUT2D eigenvalue weighted by Gasteiger charge is -2.29. The molecule has 1 unspecified atom stereocenters. The molecule has 1 saturated heterocycles. The molecule has 0 bridgehead atoms. The van der Waals surface area contributed by atoms with Crippen LogP contribution in [0.1, 0.15) is 39.0 Å². The van der Waals surface area contributed by atoms with E-state index in [1.807, 2.05) is 4.90 Å². The van der Waals surface area contributed by atoms with E-state index in [0.717, 1.165) is 38.9 Å². The molecule has 2 rings (SSSR count). The fourth-order valence-corrected chi connectivity index (χ4v) is 3.00. The van der Waals surface area contributed by atoms with Crippen LogP contribution >= 0.6 is 0 Å². The van der Waals surface area contributed by atoms with Crippen LogP contribution < -0.4 is 5.32 Å². The van der Waals surface area contributed by atoms with Gasteiger partial charge in [-0.15, -0.1) is 0 Å². The van der Waals surface area contributed by atoms with Crippen molar-refractivity contribution in [3.8, 4) is 0 Å². The number of carbonyl (C=O) groups is 1. The Morgan fingerprint density at radius 2 is 1.88 bits per heavy atom. The summed E-state index contributed by atoms with van der Waals surface area (Å²) in [6.45, 7) is 5.12. The lowest BCUT2D eigenvalue weighted by molar-refractivity contribution is 0.174. The van der Waals surface area contributed by atoms with Gasteiger partial charge in [0, 0.05) is 25.2 Å². The molecule has 1 saturated carbocycles. The second-order valence-corrected chi connectivity index (χ2v) is 5.59. The molecule has 98 valence electrons. The zero-order valence-electron chi connectivity index (χ0n) is 11.1. The smallest absolute Gasteiger partial charge is 0.317 e. The summed E-state index contributed by atoms with van der Waals surface area (Å²) < 4.78 is 0. The van der Waals surface area contributed by atoms with Gasteiger partial charge in [0.2, 0.25) is 0 Å². The van der Waals surface area contributed by atoms with Crippen molar-refractivity contribution < 1.29 is 4.79 Å². The SMILES string of the molecule is CC1CN(C)CCCN1C(=O)NC1CCCC1. The topological polar surface area (TPSA) is 35.6 Å². The van der Waals surface area contributed by atoms with Gasteiger partial charge in [0.25, 0.3) is 0 Å². The number of hydrogen-bond acceptors (Lipinski definition) is 2. The highest BCUT2D eigenvalue weighted by Crippen LogP contribution is 2.18. The minimum Gasteiger partial charge on any atom is -0.335 e. The number of rotatable bonds is 1. The van der Waals surface area contributed by atoms with E-state index in [4.69, 9.17) is 0 Å². The molecule has 4 nitrogen and oxygen atoms in total. The van der Waals surface area contributed by atoms with Crippen molar-refractivity contribution in [2.75, 3.05) is 26.7 Å². The predicted octanol–water partition coefficient (Wildman–Crippen LogP) is 1.66. The Labute approximate surface area is 104 Å². The number of hydrogen-bond donors (Lipinski definition) is 1. The molecule has 0 radical (unpaired) electrons. The van der Waals surface area contributed by atoms with Crippen LogP contribution in [0.2, 0.25) is 0 Å². The molecule has 2 aliphatic rings. The van der Waals surface area contributed by atoms with Crippen LogP contribution in [-0.4, -0.2) is 54.6 Å². The second-order valence-electron chi connectivity index (χ2n) is 5.59. The molecule has 1 aliphatic carbocycles. The zero-order chi connectivity index (χ0) is 12.3. The minimum atomic E-state index is 0.153. The van der Waals surface area contributed by atoms with Crippen LogP contribution in [0.15, 0.2) is 0 Å². The van der Waals surface area contributed by atoms with E-state index in [1.54, 1.807) is 0 Å². The maximum atomic E-state index is 12.2. The number of likely N-dealkylation sites (N-methyl/N-ethyl adjacent to an activating group) is 1. The van der Waals surface area contributed by atoms with Gasteiger partial charge in [-0.1, -0.05) is 12.8 Å². The van der Waals surface area contributed by atoms with Gasteiger partial charge in [-0.25, -0.2) is 4.79 Å².